The molecule has 0 bridgehead atoms. The average molecular weight is 328 g/mol. The van der Waals surface area contributed by atoms with E-state index in [9.17, 15) is 4.79 Å². The highest BCUT2D eigenvalue weighted by Crippen LogP contribution is 2.25. The molecular weight excluding hydrogens is 304 g/mol. The minimum absolute atomic E-state index is 0.0770. The first-order chi connectivity index (χ1) is 11.8. The van der Waals surface area contributed by atoms with Gasteiger partial charge >= 0.3 is 0 Å². The predicted molar refractivity (Wildman–Crippen MR) is 90.5 cm³/mol. The number of hydrogen-bond donors (Lipinski definition) is 0. The summed E-state index contributed by atoms with van der Waals surface area (Å²) in [5.41, 5.74) is 1.92. The van der Waals surface area contributed by atoms with Gasteiger partial charge in [-0.15, -0.1) is 0 Å². The number of carbonyl (C=O) groups is 1. The summed E-state index contributed by atoms with van der Waals surface area (Å²) >= 11 is 0. The monoisotopic (exact) mass is 328 g/mol. The molecule has 128 valence electrons. The van der Waals surface area contributed by atoms with E-state index in [1.807, 2.05) is 23.2 Å². The van der Waals surface area contributed by atoms with E-state index in [-0.39, 0.29) is 11.8 Å². The number of aromatic nitrogens is 3. The van der Waals surface area contributed by atoms with Gasteiger partial charge in [-0.2, -0.15) is 0 Å². The van der Waals surface area contributed by atoms with Crippen molar-refractivity contribution in [2.45, 2.75) is 32.7 Å². The molecule has 2 fully saturated rings. The average Bonchev–Trinajstić information content (AvgIpc) is 3.34. The lowest BCUT2D eigenvalue weighted by atomic mass is 10.0. The van der Waals surface area contributed by atoms with E-state index < -0.39 is 0 Å². The Morgan fingerprint density at radius 1 is 1.42 bits per heavy atom. The Hall–Kier alpha value is -1.95. The van der Waals surface area contributed by atoms with E-state index in [1.165, 1.54) is 0 Å². The molecule has 4 heterocycles. The number of aryl methyl sites for hydroxylation is 1. The third-order valence-corrected chi connectivity index (χ3v) is 5.25. The van der Waals surface area contributed by atoms with Crippen molar-refractivity contribution >= 4 is 17.1 Å². The zero-order chi connectivity index (χ0) is 16.5. The van der Waals surface area contributed by atoms with E-state index in [2.05, 4.69) is 16.5 Å². The zero-order valence-corrected chi connectivity index (χ0v) is 14.1. The Balaban J connectivity index is 1.46. The normalized spacial score (nSPS) is 24.1. The Labute approximate surface area is 141 Å². The SMILES string of the molecule is CCn1c(C[C@@H]2CCN(C(=O)[C@@H]3CCOC3)C2)nc2cccnc21. The molecule has 24 heavy (non-hydrogen) atoms. The van der Waals surface area contributed by atoms with Gasteiger partial charge in [0.15, 0.2) is 5.65 Å². The molecule has 6 heteroatoms. The Morgan fingerprint density at radius 3 is 3.12 bits per heavy atom. The van der Waals surface area contributed by atoms with Gasteiger partial charge in [0.2, 0.25) is 5.91 Å². The number of hydrogen-bond acceptors (Lipinski definition) is 4. The fourth-order valence-electron chi connectivity index (χ4n) is 3.94. The van der Waals surface area contributed by atoms with Crippen LogP contribution in [0.2, 0.25) is 0 Å². The maximum Gasteiger partial charge on any atom is 0.228 e. The Morgan fingerprint density at radius 2 is 2.33 bits per heavy atom. The van der Waals surface area contributed by atoms with Gasteiger partial charge in [-0.25, -0.2) is 9.97 Å². The van der Waals surface area contributed by atoms with Crippen LogP contribution in [0.3, 0.4) is 0 Å². The predicted octanol–water partition coefficient (Wildman–Crippen LogP) is 1.88. The number of ether oxygens (including phenoxy) is 1. The highest BCUT2D eigenvalue weighted by atomic mass is 16.5. The van der Waals surface area contributed by atoms with Crippen LogP contribution >= 0.6 is 0 Å². The second-order valence-electron chi connectivity index (χ2n) is 6.82. The largest absolute Gasteiger partial charge is 0.381 e. The van der Waals surface area contributed by atoms with E-state index in [0.29, 0.717) is 12.5 Å². The maximum absolute atomic E-state index is 12.5. The van der Waals surface area contributed by atoms with E-state index >= 15 is 0 Å². The van der Waals surface area contributed by atoms with E-state index in [1.54, 1.807) is 0 Å². The standard InChI is InChI=1S/C18H24N4O2/c1-2-22-16(20-15-4-3-7-19-17(15)22)10-13-5-8-21(11-13)18(23)14-6-9-24-12-14/h3-4,7,13-14H,2,5-6,8-12H2,1H3/t13-,14+/m0/s1. The van der Waals surface area contributed by atoms with Gasteiger partial charge in [-0.1, -0.05) is 0 Å². The summed E-state index contributed by atoms with van der Waals surface area (Å²) in [6.07, 6.45) is 4.66. The molecule has 0 aromatic carbocycles. The molecular formula is C18H24N4O2. The van der Waals surface area contributed by atoms with Gasteiger partial charge in [0, 0.05) is 38.9 Å². The summed E-state index contributed by atoms with van der Waals surface area (Å²) in [6, 6.07) is 3.95. The quantitative estimate of drug-likeness (QED) is 0.860. The highest BCUT2D eigenvalue weighted by molar-refractivity contribution is 5.79. The smallest absolute Gasteiger partial charge is 0.228 e. The molecule has 6 nitrogen and oxygen atoms in total. The number of amides is 1. The summed E-state index contributed by atoms with van der Waals surface area (Å²) in [7, 11) is 0. The first-order valence-electron chi connectivity index (χ1n) is 8.93. The molecule has 0 unspecified atom stereocenters. The molecule has 0 spiro atoms. The van der Waals surface area contributed by atoms with Gasteiger partial charge < -0.3 is 14.2 Å². The molecule has 4 rings (SSSR count). The number of imidazole rings is 1. The third-order valence-electron chi connectivity index (χ3n) is 5.25. The lowest BCUT2D eigenvalue weighted by Gasteiger charge is -2.19. The fourth-order valence-corrected chi connectivity index (χ4v) is 3.94. The Kier molecular flexibility index (Phi) is 4.22. The number of nitrogens with zero attached hydrogens (tertiary/aromatic N) is 4. The van der Waals surface area contributed by atoms with Crippen LogP contribution in [0.5, 0.6) is 0 Å². The number of pyridine rings is 1. The summed E-state index contributed by atoms with van der Waals surface area (Å²) in [6.45, 7) is 6.03. The zero-order valence-electron chi connectivity index (χ0n) is 14.1. The van der Waals surface area contributed by atoms with Crippen LogP contribution in [-0.4, -0.2) is 51.6 Å². The van der Waals surface area contributed by atoms with Gasteiger partial charge in [0.25, 0.3) is 0 Å². The van der Waals surface area contributed by atoms with Crippen LogP contribution < -0.4 is 0 Å². The lowest BCUT2D eigenvalue weighted by molar-refractivity contribution is -0.134. The maximum atomic E-state index is 12.5. The molecule has 0 aliphatic carbocycles. The first-order valence-corrected chi connectivity index (χ1v) is 8.93. The molecule has 2 aromatic heterocycles. The third kappa shape index (κ3) is 2.79. The summed E-state index contributed by atoms with van der Waals surface area (Å²) < 4.78 is 7.56. The van der Waals surface area contributed by atoms with Crippen molar-refractivity contribution in [3.63, 3.8) is 0 Å². The first kappa shape index (κ1) is 15.6. The van der Waals surface area contributed by atoms with Crippen molar-refractivity contribution in [3.8, 4) is 0 Å². The molecule has 2 aliphatic rings. The summed E-state index contributed by atoms with van der Waals surface area (Å²) in [5, 5.41) is 0. The van der Waals surface area contributed by atoms with Crippen LogP contribution in [0.15, 0.2) is 18.3 Å². The van der Waals surface area contributed by atoms with Crippen molar-refractivity contribution in [2.24, 2.45) is 11.8 Å². The number of carbonyl (C=O) groups excluding carboxylic acids is 1. The second kappa shape index (κ2) is 6.51. The van der Waals surface area contributed by atoms with Crippen LogP contribution in [0.1, 0.15) is 25.6 Å². The van der Waals surface area contributed by atoms with Crippen LogP contribution in [0.25, 0.3) is 11.2 Å². The molecule has 0 radical (unpaired) electrons. The van der Waals surface area contributed by atoms with Crippen molar-refractivity contribution in [1.29, 1.82) is 0 Å². The molecule has 2 aromatic rings. The molecule has 2 aliphatic heterocycles. The number of likely N-dealkylation sites (tertiary alicyclic amines) is 1. The fraction of sp³-hybridized carbons (Fsp3) is 0.611. The van der Waals surface area contributed by atoms with Gasteiger partial charge in [0.05, 0.1) is 12.5 Å². The highest BCUT2D eigenvalue weighted by Gasteiger charge is 2.33. The number of rotatable bonds is 4. The van der Waals surface area contributed by atoms with Crippen LogP contribution in [0, 0.1) is 11.8 Å². The van der Waals surface area contributed by atoms with Crippen molar-refractivity contribution < 1.29 is 9.53 Å². The van der Waals surface area contributed by atoms with E-state index in [0.717, 1.165) is 62.5 Å². The minimum Gasteiger partial charge on any atom is -0.381 e. The molecule has 1 amide bonds. The topological polar surface area (TPSA) is 60.2 Å². The molecule has 0 saturated carbocycles. The second-order valence-corrected chi connectivity index (χ2v) is 6.82. The summed E-state index contributed by atoms with van der Waals surface area (Å²) in [5.74, 6) is 1.93. The molecule has 0 N–H and O–H groups in total. The molecule has 2 saturated heterocycles. The van der Waals surface area contributed by atoms with Crippen LogP contribution in [-0.2, 0) is 22.5 Å². The van der Waals surface area contributed by atoms with Gasteiger partial charge in [0.1, 0.15) is 11.3 Å². The van der Waals surface area contributed by atoms with Gasteiger partial charge in [-0.05, 0) is 37.8 Å². The Bertz CT molecular complexity index is 736. The van der Waals surface area contributed by atoms with Crippen molar-refractivity contribution in [1.82, 2.24) is 19.4 Å². The van der Waals surface area contributed by atoms with Crippen molar-refractivity contribution in [3.05, 3.63) is 24.2 Å². The van der Waals surface area contributed by atoms with Gasteiger partial charge in [-0.3, -0.25) is 4.79 Å². The number of fused-ring (bicyclic) bond motifs is 1. The lowest BCUT2D eigenvalue weighted by Crippen LogP contribution is -2.34. The minimum atomic E-state index is 0.0770. The van der Waals surface area contributed by atoms with Crippen LogP contribution in [0.4, 0.5) is 0 Å². The van der Waals surface area contributed by atoms with Crippen molar-refractivity contribution in [2.75, 3.05) is 26.3 Å². The van der Waals surface area contributed by atoms with E-state index in [4.69, 9.17) is 9.72 Å². The summed E-state index contributed by atoms with van der Waals surface area (Å²) in [4.78, 5) is 23.8. The molecule has 2 atom stereocenters.